The average Bonchev–Trinajstić information content (AvgIpc) is 3.27. The van der Waals surface area contributed by atoms with Gasteiger partial charge in [0.05, 0.1) is 12.5 Å². The van der Waals surface area contributed by atoms with E-state index < -0.39 is 78.5 Å². The van der Waals surface area contributed by atoms with Crippen molar-refractivity contribution in [1.82, 2.24) is 21.3 Å². The Kier molecular flexibility index (Phi) is 11.4. The number of amides is 4. The standard InChI is InChI=1S/C19H29N5O10/c20-13(25)5-3-11(19(33)34)23-18(32)12(8-15(28)29)24-17(31)10(4-6-14(26)27)22-16(30)9-2-1-7-21-9/h9-12,21H,1-8H2,(H2,20,25)(H,22,30)(H,23,32)(H,24,31)(H,26,27)(H,28,29)(H,33,34). The monoisotopic (exact) mass is 487 g/mol. The third kappa shape index (κ3) is 10.2. The molecule has 0 spiro atoms. The Labute approximate surface area is 193 Å². The van der Waals surface area contributed by atoms with Crippen LogP contribution in [0.15, 0.2) is 0 Å². The van der Waals surface area contributed by atoms with E-state index in [4.69, 9.17) is 15.9 Å². The zero-order valence-corrected chi connectivity index (χ0v) is 18.2. The van der Waals surface area contributed by atoms with Crippen molar-refractivity contribution in [1.29, 1.82) is 0 Å². The fraction of sp³-hybridized carbons (Fsp3) is 0.632. The molecule has 0 saturated carbocycles. The first-order valence-electron chi connectivity index (χ1n) is 10.5. The number of carbonyl (C=O) groups is 7. The summed E-state index contributed by atoms with van der Waals surface area (Å²) < 4.78 is 0. The Morgan fingerprint density at radius 1 is 0.824 bits per heavy atom. The molecule has 34 heavy (non-hydrogen) atoms. The van der Waals surface area contributed by atoms with Gasteiger partial charge in [0.2, 0.25) is 23.6 Å². The summed E-state index contributed by atoms with van der Waals surface area (Å²) in [4.78, 5) is 82.1. The number of rotatable bonds is 15. The molecule has 1 rings (SSSR count). The number of hydrogen-bond acceptors (Lipinski definition) is 8. The van der Waals surface area contributed by atoms with E-state index >= 15 is 0 Å². The van der Waals surface area contributed by atoms with Crippen molar-refractivity contribution in [3.63, 3.8) is 0 Å². The molecule has 15 heteroatoms. The van der Waals surface area contributed by atoms with E-state index in [9.17, 15) is 38.7 Å². The third-order valence-electron chi connectivity index (χ3n) is 4.96. The predicted molar refractivity (Wildman–Crippen MR) is 112 cm³/mol. The maximum absolute atomic E-state index is 12.7. The molecule has 0 aromatic carbocycles. The van der Waals surface area contributed by atoms with Gasteiger partial charge >= 0.3 is 17.9 Å². The molecule has 0 bridgehead atoms. The maximum atomic E-state index is 12.7. The minimum absolute atomic E-state index is 0.336. The smallest absolute Gasteiger partial charge is 0.326 e. The van der Waals surface area contributed by atoms with Crippen LogP contribution in [0.25, 0.3) is 0 Å². The molecule has 190 valence electrons. The van der Waals surface area contributed by atoms with Crippen molar-refractivity contribution < 1.29 is 48.9 Å². The van der Waals surface area contributed by atoms with Crippen molar-refractivity contribution >= 4 is 41.5 Å². The number of carboxylic acid groups (broad SMARTS) is 3. The fourth-order valence-corrected chi connectivity index (χ4v) is 3.19. The SMILES string of the molecule is NC(=O)CCC(NC(=O)C(CC(=O)O)NC(=O)C(CCC(=O)O)NC(=O)C1CCCN1)C(=O)O. The summed E-state index contributed by atoms with van der Waals surface area (Å²) in [7, 11) is 0. The molecule has 0 aromatic rings. The summed E-state index contributed by atoms with van der Waals surface area (Å²) in [6.07, 6.45) is -1.26. The second-order valence-electron chi connectivity index (χ2n) is 7.71. The van der Waals surface area contributed by atoms with Crippen LogP contribution in [-0.2, 0) is 33.6 Å². The van der Waals surface area contributed by atoms with E-state index in [0.717, 1.165) is 6.42 Å². The molecule has 4 unspecified atom stereocenters. The average molecular weight is 487 g/mol. The number of primary amides is 1. The van der Waals surface area contributed by atoms with Crippen LogP contribution in [0.2, 0.25) is 0 Å². The van der Waals surface area contributed by atoms with Crippen LogP contribution in [0, 0.1) is 0 Å². The lowest BCUT2D eigenvalue weighted by molar-refractivity contribution is -0.143. The lowest BCUT2D eigenvalue weighted by Crippen LogP contribution is -2.57. The number of carboxylic acids is 3. The number of hydrogen-bond donors (Lipinski definition) is 8. The molecule has 0 aliphatic carbocycles. The quantitative estimate of drug-likeness (QED) is 0.115. The Balaban J connectivity index is 2.94. The van der Waals surface area contributed by atoms with Crippen molar-refractivity contribution in [2.75, 3.05) is 6.54 Å². The summed E-state index contributed by atoms with van der Waals surface area (Å²) in [5.74, 6) is -7.79. The Morgan fingerprint density at radius 2 is 1.41 bits per heavy atom. The Morgan fingerprint density at radius 3 is 1.91 bits per heavy atom. The third-order valence-corrected chi connectivity index (χ3v) is 4.96. The van der Waals surface area contributed by atoms with E-state index in [1.54, 1.807) is 0 Å². The van der Waals surface area contributed by atoms with Gasteiger partial charge in [0.1, 0.15) is 18.1 Å². The first-order chi connectivity index (χ1) is 15.9. The van der Waals surface area contributed by atoms with Gasteiger partial charge in [-0.1, -0.05) is 0 Å². The molecule has 15 nitrogen and oxygen atoms in total. The highest BCUT2D eigenvalue weighted by molar-refractivity contribution is 5.95. The van der Waals surface area contributed by atoms with E-state index in [2.05, 4.69) is 16.0 Å². The van der Waals surface area contributed by atoms with Crippen LogP contribution in [0.4, 0.5) is 0 Å². The van der Waals surface area contributed by atoms with Gasteiger partial charge in [-0.25, -0.2) is 4.79 Å². The van der Waals surface area contributed by atoms with Crippen LogP contribution in [0.1, 0.15) is 44.9 Å². The van der Waals surface area contributed by atoms with Crippen LogP contribution in [0.5, 0.6) is 0 Å². The minimum atomic E-state index is -1.74. The molecular weight excluding hydrogens is 458 g/mol. The molecule has 4 amide bonds. The minimum Gasteiger partial charge on any atom is -0.481 e. The lowest BCUT2D eigenvalue weighted by atomic mass is 10.1. The van der Waals surface area contributed by atoms with Crippen LogP contribution in [-0.4, -0.2) is 87.6 Å². The molecule has 1 fully saturated rings. The van der Waals surface area contributed by atoms with E-state index in [1.807, 2.05) is 5.32 Å². The molecule has 1 heterocycles. The van der Waals surface area contributed by atoms with Crippen LogP contribution in [0.3, 0.4) is 0 Å². The number of carbonyl (C=O) groups excluding carboxylic acids is 4. The van der Waals surface area contributed by atoms with Gasteiger partial charge in [-0.05, 0) is 32.2 Å². The summed E-state index contributed by atoms with van der Waals surface area (Å²) in [5.41, 5.74) is 4.97. The molecule has 0 aromatic heterocycles. The summed E-state index contributed by atoms with van der Waals surface area (Å²) in [6, 6.07) is -5.29. The Hall–Kier alpha value is -3.75. The van der Waals surface area contributed by atoms with Gasteiger partial charge in [0.25, 0.3) is 0 Å². The van der Waals surface area contributed by atoms with Gasteiger partial charge in [0.15, 0.2) is 0 Å². The first kappa shape index (κ1) is 28.3. The maximum Gasteiger partial charge on any atom is 0.326 e. The van der Waals surface area contributed by atoms with Gasteiger partial charge in [-0.2, -0.15) is 0 Å². The van der Waals surface area contributed by atoms with E-state index in [1.165, 1.54) is 0 Å². The second kappa shape index (κ2) is 13.7. The number of nitrogens with one attached hydrogen (secondary N) is 4. The van der Waals surface area contributed by atoms with Crippen LogP contribution < -0.4 is 27.0 Å². The fourth-order valence-electron chi connectivity index (χ4n) is 3.19. The molecule has 0 radical (unpaired) electrons. The molecule has 4 atom stereocenters. The van der Waals surface area contributed by atoms with Crippen molar-refractivity contribution in [3.8, 4) is 0 Å². The van der Waals surface area contributed by atoms with Crippen molar-refractivity contribution in [3.05, 3.63) is 0 Å². The van der Waals surface area contributed by atoms with Crippen molar-refractivity contribution in [2.45, 2.75) is 69.1 Å². The largest absolute Gasteiger partial charge is 0.481 e. The molecular formula is C19H29N5O10. The second-order valence-corrected chi connectivity index (χ2v) is 7.71. The summed E-state index contributed by atoms with van der Waals surface area (Å²) >= 11 is 0. The highest BCUT2D eigenvalue weighted by Gasteiger charge is 2.32. The zero-order chi connectivity index (χ0) is 25.8. The normalized spacial score (nSPS) is 17.6. The topological polar surface area (TPSA) is 254 Å². The van der Waals surface area contributed by atoms with E-state index in [-0.39, 0.29) is 19.3 Å². The summed E-state index contributed by atoms with van der Waals surface area (Å²) in [5, 5.41) is 36.7. The van der Waals surface area contributed by atoms with Crippen LogP contribution >= 0.6 is 0 Å². The predicted octanol–water partition coefficient (Wildman–Crippen LogP) is -3.12. The van der Waals surface area contributed by atoms with Gasteiger partial charge < -0.3 is 42.3 Å². The van der Waals surface area contributed by atoms with Gasteiger partial charge in [0, 0.05) is 12.8 Å². The zero-order valence-electron chi connectivity index (χ0n) is 18.2. The van der Waals surface area contributed by atoms with Gasteiger partial charge in [-0.15, -0.1) is 0 Å². The number of aliphatic carboxylic acids is 3. The molecule has 1 aliphatic rings. The molecule has 1 aliphatic heterocycles. The van der Waals surface area contributed by atoms with Gasteiger partial charge in [-0.3, -0.25) is 28.8 Å². The lowest BCUT2D eigenvalue weighted by Gasteiger charge is -2.24. The molecule has 9 N–H and O–H groups in total. The summed E-state index contributed by atoms with van der Waals surface area (Å²) in [6.45, 7) is 0.589. The first-order valence-corrected chi connectivity index (χ1v) is 10.5. The van der Waals surface area contributed by atoms with Crippen molar-refractivity contribution in [2.24, 2.45) is 5.73 Å². The highest BCUT2D eigenvalue weighted by Crippen LogP contribution is 2.08. The number of nitrogens with two attached hydrogens (primary N) is 1. The van der Waals surface area contributed by atoms with E-state index in [0.29, 0.717) is 13.0 Å². The highest BCUT2D eigenvalue weighted by atomic mass is 16.4. The molecule has 1 saturated heterocycles. The Bertz CT molecular complexity index is 811.